The van der Waals surface area contributed by atoms with Crippen LogP contribution in [0.1, 0.15) is 10.4 Å². The minimum atomic E-state index is -1.01. The number of nitrogens with one attached hydrogen (secondary N) is 1. The molecule has 17 heavy (non-hydrogen) atoms. The molecule has 0 aliphatic carbocycles. The van der Waals surface area contributed by atoms with Crippen molar-refractivity contribution < 1.29 is 24.2 Å². The molecular weight excluding hydrogens is 226 g/mol. The van der Waals surface area contributed by atoms with Gasteiger partial charge in [-0.3, -0.25) is 0 Å². The molecule has 0 radical (unpaired) electrons. The predicted molar refractivity (Wildman–Crippen MR) is 58.3 cm³/mol. The van der Waals surface area contributed by atoms with E-state index >= 15 is 0 Å². The van der Waals surface area contributed by atoms with Gasteiger partial charge in [0.1, 0.15) is 5.75 Å². The zero-order chi connectivity index (χ0) is 12.4. The second-order valence-corrected chi connectivity index (χ2v) is 3.53. The summed E-state index contributed by atoms with van der Waals surface area (Å²) in [4.78, 5) is 22.0. The largest absolute Gasteiger partial charge is 0.478 e. The number of esters is 1. The molecule has 2 rings (SSSR count). The highest BCUT2D eigenvalue weighted by molar-refractivity contribution is 5.90. The summed E-state index contributed by atoms with van der Waals surface area (Å²) in [5.74, 6) is -1.04. The number of aromatic carboxylic acids is 1. The highest BCUT2D eigenvalue weighted by Gasteiger charge is 2.26. The van der Waals surface area contributed by atoms with Gasteiger partial charge in [-0.25, -0.2) is 9.59 Å². The summed E-state index contributed by atoms with van der Waals surface area (Å²) in [5.41, 5.74) is 0.724. The van der Waals surface area contributed by atoms with E-state index in [-0.39, 0.29) is 12.1 Å². The van der Waals surface area contributed by atoms with Crippen molar-refractivity contribution in [2.24, 2.45) is 0 Å². The fourth-order valence-corrected chi connectivity index (χ4v) is 1.56. The van der Waals surface area contributed by atoms with Crippen LogP contribution in [0, 0.1) is 0 Å². The van der Waals surface area contributed by atoms with Crippen molar-refractivity contribution in [1.29, 1.82) is 0 Å². The molecule has 0 bridgehead atoms. The first-order chi connectivity index (χ1) is 8.11. The molecule has 6 nitrogen and oxygen atoms in total. The van der Waals surface area contributed by atoms with E-state index in [4.69, 9.17) is 9.84 Å². The third-order valence-electron chi connectivity index (χ3n) is 2.44. The van der Waals surface area contributed by atoms with Crippen LogP contribution in [0.4, 0.5) is 5.69 Å². The quantitative estimate of drug-likeness (QED) is 0.737. The van der Waals surface area contributed by atoms with Crippen molar-refractivity contribution in [3.8, 4) is 5.75 Å². The summed E-state index contributed by atoms with van der Waals surface area (Å²) in [6.45, 7) is 0.253. The van der Waals surface area contributed by atoms with E-state index in [9.17, 15) is 9.59 Å². The van der Waals surface area contributed by atoms with E-state index in [0.29, 0.717) is 11.4 Å². The van der Waals surface area contributed by atoms with E-state index < -0.39 is 18.0 Å². The van der Waals surface area contributed by atoms with Crippen LogP contribution in [-0.2, 0) is 9.53 Å². The van der Waals surface area contributed by atoms with E-state index in [1.54, 1.807) is 0 Å². The number of fused-ring (bicyclic) bond motifs is 1. The van der Waals surface area contributed by atoms with Crippen LogP contribution in [0.3, 0.4) is 0 Å². The molecule has 2 N–H and O–H groups in total. The van der Waals surface area contributed by atoms with Crippen LogP contribution in [0.25, 0.3) is 0 Å². The normalized spacial score (nSPS) is 17.4. The Morgan fingerprint density at radius 2 is 2.29 bits per heavy atom. The number of methoxy groups -OCH3 is 1. The molecule has 0 saturated heterocycles. The van der Waals surface area contributed by atoms with Gasteiger partial charge < -0.3 is 19.9 Å². The Morgan fingerprint density at radius 3 is 2.94 bits per heavy atom. The molecule has 1 unspecified atom stereocenters. The number of hydrogen-bond donors (Lipinski definition) is 2. The Bertz CT molecular complexity index is 471. The SMILES string of the molecule is COC(=O)C1CNc2cc(C(=O)O)ccc2O1. The van der Waals surface area contributed by atoms with Gasteiger partial charge >= 0.3 is 11.9 Å². The Balaban J connectivity index is 2.23. The lowest BCUT2D eigenvalue weighted by Gasteiger charge is -2.25. The first kappa shape index (κ1) is 11.3. The lowest BCUT2D eigenvalue weighted by molar-refractivity contribution is -0.148. The van der Waals surface area contributed by atoms with Gasteiger partial charge in [0, 0.05) is 0 Å². The van der Waals surface area contributed by atoms with Crippen molar-refractivity contribution in [2.45, 2.75) is 6.10 Å². The Kier molecular flexibility index (Phi) is 2.86. The third-order valence-corrected chi connectivity index (χ3v) is 2.44. The number of anilines is 1. The number of carbonyl (C=O) groups is 2. The maximum atomic E-state index is 11.3. The van der Waals surface area contributed by atoms with Crippen molar-refractivity contribution in [1.82, 2.24) is 0 Å². The van der Waals surface area contributed by atoms with Gasteiger partial charge in [0.05, 0.1) is 24.9 Å². The number of ether oxygens (including phenoxy) is 2. The lowest BCUT2D eigenvalue weighted by atomic mass is 10.1. The molecule has 0 spiro atoms. The average Bonchev–Trinajstić information content (AvgIpc) is 2.36. The van der Waals surface area contributed by atoms with Crippen LogP contribution in [0.15, 0.2) is 18.2 Å². The van der Waals surface area contributed by atoms with E-state index in [0.717, 1.165) is 0 Å². The highest BCUT2D eigenvalue weighted by Crippen LogP contribution is 2.30. The maximum Gasteiger partial charge on any atom is 0.348 e. The molecule has 1 aliphatic rings. The van der Waals surface area contributed by atoms with Crippen LogP contribution in [0.2, 0.25) is 0 Å². The number of rotatable bonds is 2. The fraction of sp³-hybridized carbons (Fsp3) is 0.273. The van der Waals surface area contributed by atoms with Gasteiger partial charge in [0.15, 0.2) is 0 Å². The summed E-state index contributed by atoms with van der Waals surface area (Å²) in [7, 11) is 1.29. The van der Waals surface area contributed by atoms with E-state index in [1.807, 2.05) is 0 Å². The Hall–Kier alpha value is -2.24. The van der Waals surface area contributed by atoms with Crippen molar-refractivity contribution >= 4 is 17.6 Å². The van der Waals surface area contributed by atoms with Gasteiger partial charge in [0.2, 0.25) is 6.10 Å². The van der Waals surface area contributed by atoms with Gasteiger partial charge in [-0.15, -0.1) is 0 Å². The summed E-state index contributed by atoms with van der Waals surface area (Å²) >= 11 is 0. The van der Waals surface area contributed by atoms with Gasteiger partial charge in [-0.1, -0.05) is 0 Å². The van der Waals surface area contributed by atoms with Crippen LogP contribution in [0.5, 0.6) is 5.75 Å². The molecular formula is C11H11NO5. The molecule has 1 atom stereocenters. The molecule has 1 heterocycles. The maximum absolute atomic E-state index is 11.3. The molecule has 0 aromatic heterocycles. The predicted octanol–water partition coefficient (Wildman–Crippen LogP) is 0.731. The molecule has 0 fully saturated rings. The first-order valence-corrected chi connectivity index (χ1v) is 4.97. The van der Waals surface area contributed by atoms with Crippen LogP contribution in [-0.4, -0.2) is 36.8 Å². The molecule has 0 amide bonds. The van der Waals surface area contributed by atoms with Gasteiger partial charge in [-0.05, 0) is 18.2 Å². The molecule has 90 valence electrons. The monoisotopic (exact) mass is 237 g/mol. The lowest BCUT2D eigenvalue weighted by Crippen LogP contribution is -2.38. The summed E-state index contributed by atoms with van der Waals surface area (Å²) in [6.07, 6.45) is -0.705. The number of carboxylic acid groups (broad SMARTS) is 1. The van der Waals surface area contributed by atoms with Crippen LogP contribution >= 0.6 is 0 Å². The molecule has 1 aromatic rings. The Morgan fingerprint density at radius 1 is 1.53 bits per heavy atom. The van der Waals surface area contributed by atoms with Crippen molar-refractivity contribution in [3.63, 3.8) is 0 Å². The zero-order valence-electron chi connectivity index (χ0n) is 9.10. The molecule has 6 heteroatoms. The van der Waals surface area contributed by atoms with Crippen molar-refractivity contribution in [2.75, 3.05) is 19.0 Å². The number of carbonyl (C=O) groups excluding carboxylic acids is 1. The van der Waals surface area contributed by atoms with E-state index in [2.05, 4.69) is 10.1 Å². The van der Waals surface area contributed by atoms with Crippen LogP contribution < -0.4 is 10.1 Å². The average molecular weight is 237 g/mol. The fourth-order valence-electron chi connectivity index (χ4n) is 1.56. The summed E-state index contributed by atoms with van der Waals surface area (Å²) < 4.78 is 9.96. The standard InChI is InChI=1S/C11H11NO5/c1-16-11(15)9-5-12-7-4-6(10(13)14)2-3-8(7)17-9/h2-4,9,12H,5H2,1H3,(H,13,14). The topological polar surface area (TPSA) is 84.9 Å². The number of carboxylic acids is 1. The zero-order valence-corrected chi connectivity index (χ0v) is 9.10. The summed E-state index contributed by atoms with van der Waals surface area (Å²) in [6, 6.07) is 4.40. The van der Waals surface area contributed by atoms with Gasteiger partial charge in [0.25, 0.3) is 0 Å². The number of benzene rings is 1. The van der Waals surface area contributed by atoms with E-state index in [1.165, 1.54) is 25.3 Å². The first-order valence-electron chi connectivity index (χ1n) is 4.97. The second kappa shape index (κ2) is 4.32. The second-order valence-electron chi connectivity index (χ2n) is 3.53. The Labute approximate surface area is 97.1 Å². The molecule has 1 aliphatic heterocycles. The highest BCUT2D eigenvalue weighted by atomic mass is 16.6. The minimum Gasteiger partial charge on any atom is -0.478 e. The number of hydrogen-bond acceptors (Lipinski definition) is 5. The smallest absolute Gasteiger partial charge is 0.348 e. The molecule has 0 saturated carbocycles. The minimum absolute atomic E-state index is 0.163. The third kappa shape index (κ3) is 2.15. The van der Waals surface area contributed by atoms with Gasteiger partial charge in [-0.2, -0.15) is 0 Å². The van der Waals surface area contributed by atoms with Crippen molar-refractivity contribution in [3.05, 3.63) is 23.8 Å². The summed E-state index contributed by atoms with van der Waals surface area (Å²) in [5, 5.41) is 11.8. The molecule has 1 aromatic carbocycles.